The van der Waals surface area contributed by atoms with Gasteiger partial charge >= 0.3 is 0 Å². The van der Waals surface area contributed by atoms with Crippen LogP contribution in [-0.2, 0) is 10.0 Å². The van der Waals surface area contributed by atoms with Crippen LogP contribution in [0.1, 0.15) is 11.3 Å². The Labute approximate surface area is 165 Å². The summed E-state index contributed by atoms with van der Waals surface area (Å²) in [6, 6.07) is 9.79. The normalized spacial score (nSPS) is 11.8. The van der Waals surface area contributed by atoms with Crippen molar-refractivity contribution in [3.8, 4) is 10.6 Å². The van der Waals surface area contributed by atoms with E-state index >= 15 is 0 Å². The molecule has 4 aromatic rings. The van der Waals surface area contributed by atoms with E-state index in [-0.39, 0.29) is 4.90 Å². The Morgan fingerprint density at radius 2 is 2.00 bits per heavy atom. The minimum atomic E-state index is -3.78. The molecule has 2 N–H and O–H groups in total. The molecular formula is C18H15ClN4O2S2. The smallest absolute Gasteiger partial charge is 0.261 e. The third-order valence-electron chi connectivity index (χ3n) is 4.12. The number of halogens is 1. The van der Waals surface area contributed by atoms with Gasteiger partial charge in [0.1, 0.15) is 4.83 Å². The number of H-pyrrole nitrogens is 1. The van der Waals surface area contributed by atoms with E-state index in [1.54, 1.807) is 24.4 Å². The molecule has 3 aromatic heterocycles. The minimum absolute atomic E-state index is 0.110. The van der Waals surface area contributed by atoms with Crippen LogP contribution in [0.4, 0.5) is 5.69 Å². The van der Waals surface area contributed by atoms with Gasteiger partial charge in [-0.25, -0.2) is 13.4 Å². The molecule has 0 saturated carbocycles. The highest BCUT2D eigenvalue weighted by atomic mass is 35.5. The van der Waals surface area contributed by atoms with Crippen molar-refractivity contribution < 1.29 is 8.42 Å². The van der Waals surface area contributed by atoms with Crippen LogP contribution in [-0.4, -0.2) is 23.6 Å². The minimum Gasteiger partial charge on any atom is -0.279 e. The molecule has 0 aliphatic heterocycles. The molecule has 0 aliphatic rings. The number of aromatic amines is 1. The van der Waals surface area contributed by atoms with Crippen molar-refractivity contribution in [1.82, 2.24) is 15.2 Å². The maximum absolute atomic E-state index is 12.9. The molecule has 0 aliphatic carbocycles. The number of anilines is 1. The zero-order chi connectivity index (χ0) is 19.2. The van der Waals surface area contributed by atoms with E-state index in [4.69, 9.17) is 11.6 Å². The molecule has 0 fully saturated rings. The maximum Gasteiger partial charge on any atom is 0.261 e. The van der Waals surface area contributed by atoms with Gasteiger partial charge in [-0.1, -0.05) is 17.7 Å². The highest BCUT2D eigenvalue weighted by Gasteiger charge is 2.21. The first-order valence-corrected chi connectivity index (χ1v) is 10.7. The summed E-state index contributed by atoms with van der Waals surface area (Å²) in [6.45, 7) is 3.78. The Morgan fingerprint density at radius 1 is 1.19 bits per heavy atom. The summed E-state index contributed by atoms with van der Waals surface area (Å²) in [5, 5.41) is 8.09. The van der Waals surface area contributed by atoms with Crippen molar-refractivity contribution in [1.29, 1.82) is 0 Å². The largest absolute Gasteiger partial charge is 0.279 e. The van der Waals surface area contributed by atoms with Crippen LogP contribution in [0.25, 0.3) is 20.8 Å². The van der Waals surface area contributed by atoms with Crippen molar-refractivity contribution in [2.45, 2.75) is 18.7 Å². The summed E-state index contributed by atoms with van der Waals surface area (Å²) in [7, 11) is -3.78. The summed E-state index contributed by atoms with van der Waals surface area (Å²) >= 11 is 7.45. The Bertz CT molecular complexity index is 1250. The highest BCUT2D eigenvalue weighted by Crippen LogP contribution is 2.40. The van der Waals surface area contributed by atoms with Gasteiger partial charge in [0, 0.05) is 22.3 Å². The number of hydrogen-bond donors (Lipinski definition) is 2. The van der Waals surface area contributed by atoms with Gasteiger partial charge < -0.3 is 0 Å². The molecule has 138 valence electrons. The second-order valence-corrected chi connectivity index (χ2v) is 9.20. The first-order chi connectivity index (χ1) is 12.8. The highest BCUT2D eigenvalue weighted by molar-refractivity contribution is 7.92. The van der Waals surface area contributed by atoms with Crippen molar-refractivity contribution >= 4 is 48.9 Å². The van der Waals surface area contributed by atoms with Gasteiger partial charge in [-0.15, -0.1) is 11.3 Å². The molecular weight excluding hydrogens is 404 g/mol. The van der Waals surface area contributed by atoms with E-state index in [0.29, 0.717) is 10.7 Å². The van der Waals surface area contributed by atoms with E-state index in [2.05, 4.69) is 19.9 Å². The van der Waals surface area contributed by atoms with E-state index in [9.17, 15) is 8.42 Å². The summed E-state index contributed by atoms with van der Waals surface area (Å²) < 4.78 is 28.4. The second kappa shape index (κ2) is 6.63. The summed E-state index contributed by atoms with van der Waals surface area (Å²) in [4.78, 5) is 6.42. The quantitative estimate of drug-likeness (QED) is 0.500. The van der Waals surface area contributed by atoms with Crippen LogP contribution in [0.5, 0.6) is 0 Å². The molecule has 3 heterocycles. The Balaban J connectivity index is 1.87. The molecule has 0 unspecified atom stereocenters. The monoisotopic (exact) mass is 418 g/mol. The number of fused-ring (bicyclic) bond motifs is 1. The van der Waals surface area contributed by atoms with Crippen LogP contribution in [0, 0.1) is 13.8 Å². The van der Waals surface area contributed by atoms with Gasteiger partial charge in [0.05, 0.1) is 21.2 Å². The lowest BCUT2D eigenvalue weighted by atomic mass is 10.1. The number of nitrogens with one attached hydrogen (secondary N) is 2. The number of thiophene rings is 1. The molecule has 0 radical (unpaired) electrons. The zero-order valence-electron chi connectivity index (χ0n) is 14.4. The lowest BCUT2D eigenvalue weighted by molar-refractivity contribution is 0.601. The topological polar surface area (TPSA) is 87.7 Å². The number of aryl methyl sites for hydroxylation is 2. The van der Waals surface area contributed by atoms with Crippen LogP contribution < -0.4 is 4.72 Å². The van der Waals surface area contributed by atoms with Crippen LogP contribution in [0.3, 0.4) is 0 Å². The number of aromatic nitrogens is 3. The Morgan fingerprint density at radius 3 is 2.70 bits per heavy atom. The van der Waals surface area contributed by atoms with E-state index < -0.39 is 10.0 Å². The van der Waals surface area contributed by atoms with Gasteiger partial charge in [0.15, 0.2) is 0 Å². The fourth-order valence-corrected chi connectivity index (χ4v) is 5.52. The summed E-state index contributed by atoms with van der Waals surface area (Å²) in [5.41, 5.74) is 3.04. The number of hydrogen-bond acceptors (Lipinski definition) is 5. The van der Waals surface area contributed by atoms with Crippen molar-refractivity contribution in [3.63, 3.8) is 0 Å². The average Bonchev–Trinajstić information content (AvgIpc) is 3.22. The first kappa shape index (κ1) is 18.0. The Kier molecular flexibility index (Phi) is 4.41. The number of pyridine rings is 1. The summed E-state index contributed by atoms with van der Waals surface area (Å²) in [5.74, 6) is 0. The van der Waals surface area contributed by atoms with Crippen LogP contribution in [0.15, 0.2) is 47.5 Å². The number of nitrogens with zero attached hydrogens (tertiary/aromatic N) is 2. The van der Waals surface area contributed by atoms with Crippen LogP contribution in [0.2, 0.25) is 5.02 Å². The predicted molar refractivity (Wildman–Crippen MR) is 109 cm³/mol. The molecule has 9 heteroatoms. The van der Waals surface area contributed by atoms with Gasteiger partial charge in [0.2, 0.25) is 0 Å². The van der Waals surface area contributed by atoms with Crippen molar-refractivity contribution in [2.75, 3.05) is 4.72 Å². The maximum atomic E-state index is 12.9. The van der Waals surface area contributed by atoms with Crippen LogP contribution >= 0.6 is 22.9 Å². The molecule has 4 rings (SSSR count). The van der Waals surface area contributed by atoms with Crippen molar-refractivity contribution in [2.24, 2.45) is 0 Å². The van der Waals surface area contributed by atoms with Gasteiger partial charge in [-0.05, 0) is 49.7 Å². The first-order valence-electron chi connectivity index (χ1n) is 8.04. The molecule has 1 aromatic carbocycles. The lowest BCUT2D eigenvalue weighted by Gasteiger charge is -2.11. The van der Waals surface area contributed by atoms with E-state index in [1.165, 1.54) is 23.5 Å². The molecule has 0 spiro atoms. The zero-order valence-corrected chi connectivity index (χ0v) is 16.8. The average molecular weight is 419 g/mol. The van der Waals surface area contributed by atoms with E-state index in [1.807, 2.05) is 19.9 Å². The van der Waals surface area contributed by atoms with E-state index in [0.717, 1.165) is 32.0 Å². The second-order valence-electron chi connectivity index (χ2n) is 6.08. The molecule has 0 atom stereocenters. The fourth-order valence-electron chi connectivity index (χ4n) is 2.93. The van der Waals surface area contributed by atoms with Crippen molar-refractivity contribution in [3.05, 3.63) is 58.9 Å². The Hall–Kier alpha value is -2.42. The predicted octanol–water partition coefficient (Wildman–Crippen LogP) is 4.76. The lowest BCUT2D eigenvalue weighted by Crippen LogP contribution is -2.13. The summed E-state index contributed by atoms with van der Waals surface area (Å²) in [6.07, 6.45) is 1.68. The number of rotatable bonds is 4. The molecule has 0 amide bonds. The molecule has 6 nitrogen and oxygen atoms in total. The van der Waals surface area contributed by atoms with Gasteiger partial charge in [0.25, 0.3) is 10.0 Å². The van der Waals surface area contributed by atoms with Gasteiger partial charge in [-0.2, -0.15) is 5.10 Å². The molecule has 0 bridgehead atoms. The van der Waals surface area contributed by atoms with Gasteiger partial charge in [-0.3, -0.25) is 9.82 Å². The molecule has 0 saturated heterocycles. The SMILES string of the molecule is Cc1cc(NS(=O)(=O)c2cccc(Cl)c2)c2c(C)c(-c3ccn[nH]3)sc2n1. The fraction of sp³-hybridized carbons (Fsp3) is 0.111. The third-order valence-corrected chi connectivity index (χ3v) is 6.94. The number of sulfonamides is 1. The molecule has 27 heavy (non-hydrogen) atoms. The third kappa shape index (κ3) is 3.31. The standard InChI is InChI=1S/C18H15ClN4O2S2/c1-10-8-15(23-27(24,25)13-5-3-4-12(19)9-13)16-11(2)17(26-18(16)21-10)14-6-7-20-22-14/h3-9H,1-2H3,(H,20,22)(H,21,23). The number of benzene rings is 1.